The first-order chi connectivity index (χ1) is 8.74. The fourth-order valence-electron chi connectivity index (χ4n) is 1.19. The van der Waals surface area contributed by atoms with Gasteiger partial charge in [0.2, 0.25) is 0 Å². The molecule has 0 heterocycles. The predicted octanol–water partition coefficient (Wildman–Crippen LogP) is 5.69. The number of rotatable bonds is 4. The largest absolute Gasteiger partial charge is 0.508 e. The third-order valence-corrected chi connectivity index (χ3v) is 3.54. The summed E-state index contributed by atoms with van der Waals surface area (Å²) < 4.78 is 0. The van der Waals surface area contributed by atoms with Crippen LogP contribution in [0.25, 0.3) is 0 Å². The number of phenols is 1. The summed E-state index contributed by atoms with van der Waals surface area (Å²) in [6.07, 6.45) is 1.83. The molecule has 0 spiro atoms. The zero-order valence-electron chi connectivity index (χ0n) is 12.6. The monoisotopic (exact) mass is 298 g/mol. The Hall–Kier alpha value is -1.51. The molecule has 0 amide bonds. The number of carboxylic acid groups (broad SMARTS) is 1. The van der Waals surface area contributed by atoms with E-state index in [2.05, 4.69) is 13.8 Å². The van der Waals surface area contributed by atoms with Crippen molar-refractivity contribution in [2.45, 2.75) is 68.2 Å². The van der Waals surface area contributed by atoms with E-state index in [1.54, 1.807) is 26.0 Å². The average Bonchev–Trinajstić information content (AvgIpc) is 2.39. The smallest absolute Gasteiger partial charge is 0.309 e. The Balaban J connectivity index is -0.000000295. The topological polar surface area (TPSA) is 57.5 Å². The molecule has 0 fully saturated rings. The van der Waals surface area contributed by atoms with Crippen molar-refractivity contribution in [2.75, 3.05) is 0 Å². The minimum absolute atomic E-state index is 0. The molecule has 0 aromatic heterocycles. The van der Waals surface area contributed by atoms with Crippen LogP contribution in [0.4, 0.5) is 0 Å². The fourth-order valence-corrected chi connectivity index (χ4v) is 1.19. The molecule has 3 nitrogen and oxygen atoms in total. The van der Waals surface area contributed by atoms with Crippen LogP contribution in [0.2, 0.25) is 0 Å². The third-order valence-electron chi connectivity index (χ3n) is 3.54. The van der Waals surface area contributed by atoms with Crippen molar-refractivity contribution in [2.24, 2.45) is 5.41 Å². The lowest BCUT2D eigenvalue weighted by atomic mass is 9.91. The second-order valence-electron chi connectivity index (χ2n) is 5.44. The van der Waals surface area contributed by atoms with Crippen LogP contribution in [-0.2, 0) is 4.79 Å². The molecule has 0 aliphatic heterocycles. The zero-order chi connectivity index (χ0) is 15.1. The normalized spacial score (nSPS) is 11.1. The summed E-state index contributed by atoms with van der Waals surface area (Å²) in [5.41, 5.74) is 0.755. The van der Waals surface area contributed by atoms with Crippen molar-refractivity contribution in [1.29, 1.82) is 0 Å². The Kier molecular flexibility index (Phi) is 13.0. The molecular weight excluding hydrogens is 264 g/mol. The maximum atomic E-state index is 10.3. The second-order valence-corrected chi connectivity index (χ2v) is 5.44. The SMILES string of the molecule is C.C.CCC(C)(C)C(=O)O.CCC(C)c1ccc(O)cc1. The molecule has 0 saturated heterocycles. The van der Waals surface area contributed by atoms with Gasteiger partial charge in [0.1, 0.15) is 5.75 Å². The molecule has 0 radical (unpaired) electrons. The number of hydrogen-bond acceptors (Lipinski definition) is 2. The standard InChI is InChI=1S/C10H14O.C6H12O2.2CH4/c1-3-8(2)9-4-6-10(11)7-5-9;1-4-6(2,3)5(7)8;;/h4-8,11H,3H2,1-2H3;4H2,1-3H3,(H,7,8);2*1H4. The van der Waals surface area contributed by atoms with Gasteiger partial charge < -0.3 is 10.2 Å². The van der Waals surface area contributed by atoms with Crippen LogP contribution >= 0.6 is 0 Å². The predicted molar refractivity (Wildman–Crippen MR) is 92.0 cm³/mol. The van der Waals surface area contributed by atoms with Crippen molar-refractivity contribution in [3.05, 3.63) is 29.8 Å². The van der Waals surface area contributed by atoms with E-state index in [0.29, 0.717) is 18.1 Å². The molecule has 0 aliphatic carbocycles. The van der Waals surface area contributed by atoms with Gasteiger partial charge in [-0.1, -0.05) is 47.8 Å². The molecule has 1 atom stereocenters. The Morgan fingerprint density at radius 2 is 1.57 bits per heavy atom. The van der Waals surface area contributed by atoms with Crippen LogP contribution in [0, 0.1) is 5.41 Å². The first-order valence-corrected chi connectivity index (χ1v) is 6.76. The van der Waals surface area contributed by atoms with Crippen molar-refractivity contribution < 1.29 is 15.0 Å². The Labute approximate surface area is 131 Å². The molecule has 1 rings (SSSR count). The van der Waals surface area contributed by atoms with E-state index in [-0.39, 0.29) is 14.9 Å². The van der Waals surface area contributed by atoms with Gasteiger partial charge in [-0.3, -0.25) is 4.79 Å². The van der Waals surface area contributed by atoms with E-state index >= 15 is 0 Å². The van der Waals surface area contributed by atoms with Gasteiger partial charge in [-0.15, -0.1) is 0 Å². The first-order valence-electron chi connectivity index (χ1n) is 6.76. The highest BCUT2D eigenvalue weighted by molar-refractivity contribution is 5.73. The van der Waals surface area contributed by atoms with Crippen LogP contribution in [0.1, 0.15) is 73.8 Å². The van der Waals surface area contributed by atoms with Crippen LogP contribution in [-0.4, -0.2) is 16.2 Å². The highest BCUT2D eigenvalue weighted by atomic mass is 16.4. The zero-order valence-corrected chi connectivity index (χ0v) is 12.6. The minimum atomic E-state index is -0.722. The lowest BCUT2D eigenvalue weighted by Crippen LogP contribution is -2.21. The summed E-state index contributed by atoms with van der Waals surface area (Å²) >= 11 is 0. The Morgan fingerprint density at radius 1 is 1.14 bits per heavy atom. The van der Waals surface area contributed by atoms with Crippen molar-refractivity contribution in [3.63, 3.8) is 0 Å². The molecule has 1 aromatic carbocycles. The number of aromatic hydroxyl groups is 1. The quantitative estimate of drug-likeness (QED) is 0.751. The molecular formula is C18H34O3. The molecule has 2 N–H and O–H groups in total. The summed E-state index contributed by atoms with van der Waals surface area (Å²) in [6, 6.07) is 7.43. The number of phenolic OH excluding ortho intramolecular Hbond substituents is 1. The molecule has 3 heteroatoms. The van der Waals surface area contributed by atoms with E-state index in [1.165, 1.54) is 5.56 Å². The molecule has 1 aromatic rings. The van der Waals surface area contributed by atoms with Gasteiger partial charge in [0.15, 0.2) is 0 Å². The molecule has 1 unspecified atom stereocenters. The highest BCUT2D eigenvalue weighted by Gasteiger charge is 2.23. The first kappa shape index (κ1) is 24.5. The van der Waals surface area contributed by atoms with Crippen molar-refractivity contribution >= 4 is 5.97 Å². The van der Waals surface area contributed by atoms with Gasteiger partial charge in [0.25, 0.3) is 0 Å². The van der Waals surface area contributed by atoms with Gasteiger partial charge >= 0.3 is 5.97 Å². The summed E-state index contributed by atoms with van der Waals surface area (Å²) in [7, 11) is 0. The van der Waals surface area contributed by atoms with E-state index in [9.17, 15) is 4.79 Å². The maximum absolute atomic E-state index is 10.3. The molecule has 0 saturated carbocycles. The van der Waals surface area contributed by atoms with Gasteiger partial charge in [0, 0.05) is 0 Å². The van der Waals surface area contributed by atoms with Crippen molar-refractivity contribution in [3.8, 4) is 5.75 Å². The molecule has 124 valence electrons. The molecule has 0 bridgehead atoms. The molecule has 0 aliphatic rings. The maximum Gasteiger partial charge on any atom is 0.309 e. The lowest BCUT2D eigenvalue weighted by Gasteiger charge is -2.14. The van der Waals surface area contributed by atoms with Gasteiger partial charge in [-0.25, -0.2) is 0 Å². The van der Waals surface area contributed by atoms with E-state index < -0.39 is 11.4 Å². The minimum Gasteiger partial charge on any atom is -0.508 e. The van der Waals surface area contributed by atoms with Gasteiger partial charge in [-0.05, 0) is 50.3 Å². The van der Waals surface area contributed by atoms with E-state index in [1.807, 2.05) is 19.1 Å². The lowest BCUT2D eigenvalue weighted by molar-refractivity contribution is -0.147. The summed E-state index contributed by atoms with van der Waals surface area (Å²) in [6.45, 7) is 9.66. The number of benzene rings is 1. The number of carbonyl (C=O) groups is 1. The van der Waals surface area contributed by atoms with E-state index in [0.717, 1.165) is 6.42 Å². The third kappa shape index (κ3) is 9.11. The fraction of sp³-hybridized carbons (Fsp3) is 0.611. The number of carboxylic acids is 1. The van der Waals surface area contributed by atoms with Gasteiger partial charge in [0.05, 0.1) is 5.41 Å². The molecule has 21 heavy (non-hydrogen) atoms. The number of hydrogen-bond donors (Lipinski definition) is 2. The van der Waals surface area contributed by atoms with Crippen LogP contribution in [0.15, 0.2) is 24.3 Å². The second kappa shape index (κ2) is 11.2. The van der Waals surface area contributed by atoms with E-state index in [4.69, 9.17) is 10.2 Å². The summed E-state index contributed by atoms with van der Waals surface area (Å²) in [4.78, 5) is 10.3. The van der Waals surface area contributed by atoms with Crippen LogP contribution in [0.3, 0.4) is 0 Å². The number of aliphatic carboxylic acids is 1. The summed E-state index contributed by atoms with van der Waals surface area (Å²) in [5, 5.41) is 17.5. The summed E-state index contributed by atoms with van der Waals surface area (Å²) in [5.74, 6) is 0.215. The average molecular weight is 298 g/mol. The Morgan fingerprint density at radius 3 is 1.81 bits per heavy atom. The van der Waals surface area contributed by atoms with Crippen LogP contribution < -0.4 is 0 Å². The van der Waals surface area contributed by atoms with Crippen molar-refractivity contribution in [1.82, 2.24) is 0 Å². The van der Waals surface area contributed by atoms with Crippen LogP contribution in [0.5, 0.6) is 5.75 Å². The van der Waals surface area contributed by atoms with Gasteiger partial charge in [-0.2, -0.15) is 0 Å². The Bertz CT molecular complexity index is 380. The highest BCUT2D eigenvalue weighted by Crippen LogP contribution is 2.20.